The van der Waals surface area contributed by atoms with E-state index in [4.69, 9.17) is 0 Å². The fourth-order valence-corrected chi connectivity index (χ4v) is 4.71. The van der Waals surface area contributed by atoms with E-state index in [-0.39, 0.29) is 34.2 Å². The molecule has 0 spiro atoms. The minimum absolute atomic E-state index is 0.0500. The van der Waals surface area contributed by atoms with E-state index in [0.29, 0.717) is 10.4 Å². The van der Waals surface area contributed by atoms with E-state index in [1.54, 1.807) is 13.8 Å². The molecule has 0 atom stereocenters. The Balaban J connectivity index is 1.63. The molecule has 2 N–H and O–H groups in total. The second-order valence-corrected chi connectivity index (χ2v) is 10.8. The third-order valence-electron chi connectivity index (χ3n) is 6.80. The first-order valence-electron chi connectivity index (χ1n) is 12.4. The van der Waals surface area contributed by atoms with E-state index >= 15 is 0 Å². The van der Waals surface area contributed by atoms with Crippen molar-refractivity contribution in [3.8, 4) is 5.82 Å². The van der Waals surface area contributed by atoms with Crippen LogP contribution in [-0.2, 0) is 23.9 Å². The molecule has 3 aromatic heterocycles. The molecule has 0 unspecified atom stereocenters. The molecule has 13 heteroatoms. The molecule has 0 radical (unpaired) electrons. The summed E-state index contributed by atoms with van der Waals surface area (Å²) >= 11 is 0. The van der Waals surface area contributed by atoms with Gasteiger partial charge in [0.25, 0.3) is 5.56 Å². The van der Waals surface area contributed by atoms with Crippen molar-refractivity contribution in [1.29, 1.82) is 0 Å². The number of fused-ring (bicyclic) bond motifs is 2. The van der Waals surface area contributed by atoms with E-state index in [2.05, 4.69) is 44.4 Å². The Hall–Kier alpha value is -3.87. The number of hydrogen-bond acceptors (Lipinski definition) is 7. The highest BCUT2D eigenvalue weighted by atomic mass is 19.4. The van der Waals surface area contributed by atoms with E-state index < -0.39 is 30.4 Å². The SMILES string of the molecule is CC(C)(CF)c1nccc(-n2c3nc(Nc4ccc5c(c4)CCNC5(C)C)ncc3c(=O)n2CC(F)(F)F)n1. The van der Waals surface area contributed by atoms with Crippen molar-refractivity contribution in [3.63, 3.8) is 0 Å². The van der Waals surface area contributed by atoms with Crippen molar-refractivity contribution in [2.75, 3.05) is 18.5 Å². The number of benzene rings is 1. The van der Waals surface area contributed by atoms with E-state index in [1.807, 2.05) is 18.2 Å². The predicted octanol–water partition coefficient (Wildman–Crippen LogP) is 4.31. The number of hydrogen-bond donors (Lipinski definition) is 2. The topological polar surface area (TPSA) is 103 Å². The normalized spacial score (nSPS) is 15.4. The zero-order valence-corrected chi connectivity index (χ0v) is 21.9. The van der Waals surface area contributed by atoms with Gasteiger partial charge in [0, 0.05) is 29.7 Å². The number of halogens is 4. The van der Waals surface area contributed by atoms with Gasteiger partial charge in [-0.15, -0.1) is 0 Å². The first kappa shape index (κ1) is 26.7. The highest BCUT2D eigenvalue weighted by Gasteiger charge is 2.33. The summed E-state index contributed by atoms with van der Waals surface area (Å²) in [5.74, 6) is 0.118. The molecule has 0 amide bonds. The van der Waals surface area contributed by atoms with Crippen LogP contribution in [0, 0.1) is 0 Å². The number of nitrogens with one attached hydrogen (secondary N) is 2. The molecule has 1 aromatic carbocycles. The monoisotopic (exact) mass is 544 g/mol. The summed E-state index contributed by atoms with van der Waals surface area (Å²) in [6.45, 7) is 5.81. The Labute approximate surface area is 221 Å². The van der Waals surface area contributed by atoms with Gasteiger partial charge in [0.05, 0.1) is 5.41 Å². The van der Waals surface area contributed by atoms with Crippen LogP contribution < -0.4 is 16.2 Å². The van der Waals surface area contributed by atoms with Gasteiger partial charge in [-0.25, -0.2) is 24.3 Å². The van der Waals surface area contributed by atoms with Gasteiger partial charge in [-0.05, 0) is 50.1 Å². The fraction of sp³-hybridized carbons (Fsp3) is 0.423. The summed E-state index contributed by atoms with van der Waals surface area (Å²) in [5.41, 5.74) is 0.753. The molecule has 0 saturated heterocycles. The largest absolute Gasteiger partial charge is 0.408 e. The summed E-state index contributed by atoms with van der Waals surface area (Å²) in [7, 11) is 0. The number of rotatable bonds is 6. The van der Waals surface area contributed by atoms with Crippen LogP contribution in [0.1, 0.15) is 44.6 Å². The maximum Gasteiger partial charge on any atom is 0.408 e. The van der Waals surface area contributed by atoms with Crippen LogP contribution in [0.15, 0.2) is 41.5 Å². The van der Waals surface area contributed by atoms with Crippen LogP contribution in [0.3, 0.4) is 0 Å². The van der Waals surface area contributed by atoms with Gasteiger partial charge in [0.15, 0.2) is 11.5 Å². The van der Waals surface area contributed by atoms with Gasteiger partial charge < -0.3 is 10.6 Å². The maximum atomic E-state index is 13.6. The van der Waals surface area contributed by atoms with Gasteiger partial charge in [-0.2, -0.15) is 18.2 Å². The standard InChI is InChI=1S/C26H28F4N8O/c1-24(2,13-27)22-31-9-8-19(35-22)38-20-17(21(39)37(38)14-26(28,29)30)12-32-23(36-20)34-16-5-6-18-15(11-16)7-10-33-25(18,3)4/h5-6,8-9,11-12,33H,7,10,13-14H2,1-4H3,(H,32,34,36). The molecule has 39 heavy (non-hydrogen) atoms. The number of nitrogens with zero attached hydrogens (tertiary/aromatic N) is 6. The molecule has 4 aromatic rings. The predicted molar refractivity (Wildman–Crippen MR) is 138 cm³/mol. The molecular formula is C26H28F4N8O. The smallest absolute Gasteiger partial charge is 0.324 e. The van der Waals surface area contributed by atoms with E-state index in [9.17, 15) is 22.4 Å². The Bertz CT molecular complexity index is 1610. The molecular weight excluding hydrogens is 516 g/mol. The highest BCUT2D eigenvalue weighted by Crippen LogP contribution is 2.31. The van der Waals surface area contributed by atoms with Gasteiger partial charge in [-0.3, -0.25) is 9.18 Å². The molecule has 9 nitrogen and oxygen atoms in total. The first-order valence-corrected chi connectivity index (χ1v) is 12.4. The van der Waals surface area contributed by atoms with Crippen molar-refractivity contribution in [2.24, 2.45) is 0 Å². The summed E-state index contributed by atoms with van der Waals surface area (Å²) in [6.07, 6.45) is -1.37. The minimum atomic E-state index is -4.70. The lowest BCUT2D eigenvalue weighted by atomic mass is 9.85. The quantitative estimate of drug-likeness (QED) is 0.349. The Morgan fingerprint density at radius 2 is 1.90 bits per heavy atom. The third kappa shape index (κ3) is 5.10. The van der Waals surface area contributed by atoms with Gasteiger partial charge in [-0.1, -0.05) is 19.9 Å². The van der Waals surface area contributed by atoms with E-state index in [0.717, 1.165) is 23.2 Å². The highest BCUT2D eigenvalue weighted by molar-refractivity contribution is 5.77. The molecule has 0 fully saturated rings. The molecule has 0 saturated carbocycles. The molecule has 0 bridgehead atoms. The Morgan fingerprint density at radius 3 is 2.62 bits per heavy atom. The molecule has 1 aliphatic heterocycles. The summed E-state index contributed by atoms with van der Waals surface area (Å²) in [4.78, 5) is 30.1. The molecule has 5 rings (SSSR count). The summed E-state index contributed by atoms with van der Waals surface area (Å²) in [6, 6.07) is 7.22. The van der Waals surface area contributed by atoms with Crippen LogP contribution >= 0.6 is 0 Å². The lowest BCUT2D eigenvalue weighted by Crippen LogP contribution is -2.42. The minimum Gasteiger partial charge on any atom is -0.324 e. The van der Waals surface area contributed by atoms with E-state index in [1.165, 1.54) is 24.0 Å². The summed E-state index contributed by atoms with van der Waals surface area (Å²) < 4.78 is 55.7. The van der Waals surface area contributed by atoms with Gasteiger partial charge in [0.2, 0.25) is 5.95 Å². The van der Waals surface area contributed by atoms with Crippen molar-refractivity contribution < 1.29 is 17.6 Å². The molecule has 0 aliphatic carbocycles. The van der Waals surface area contributed by atoms with Gasteiger partial charge >= 0.3 is 6.18 Å². The zero-order chi connectivity index (χ0) is 28.2. The van der Waals surface area contributed by atoms with Crippen LogP contribution in [0.5, 0.6) is 0 Å². The van der Waals surface area contributed by atoms with Crippen LogP contribution in [-0.4, -0.2) is 48.7 Å². The first-order chi connectivity index (χ1) is 18.3. The van der Waals surface area contributed by atoms with Crippen LogP contribution in [0.4, 0.5) is 29.2 Å². The maximum absolute atomic E-state index is 13.6. The number of anilines is 2. The molecule has 1 aliphatic rings. The second-order valence-electron chi connectivity index (χ2n) is 10.8. The lowest BCUT2D eigenvalue weighted by molar-refractivity contribution is -0.144. The zero-order valence-electron chi connectivity index (χ0n) is 21.9. The van der Waals surface area contributed by atoms with Crippen LogP contribution in [0.25, 0.3) is 16.9 Å². The summed E-state index contributed by atoms with van der Waals surface area (Å²) in [5, 5.41) is 6.46. The average Bonchev–Trinajstić information content (AvgIpc) is 3.13. The third-order valence-corrected chi connectivity index (χ3v) is 6.80. The van der Waals surface area contributed by atoms with Crippen molar-refractivity contribution in [2.45, 2.75) is 57.8 Å². The average molecular weight is 545 g/mol. The van der Waals surface area contributed by atoms with Crippen molar-refractivity contribution >= 4 is 22.7 Å². The van der Waals surface area contributed by atoms with Crippen molar-refractivity contribution in [1.82, 2.24) is 34.6 Å². The molecule has 4 heterocycles. The second kappa shape index (κ2) is 9.40. The molecule has 206 valence electrons. The Kier molecular flexibility index (Phi) is 6.44. The fourth-order valence-electron chi connectivity index (χ4n) is 4.71. The lowest BCUT2D eigenvalue weighted by Gasteiger charge is -2.34. The van der Waals surface area contributed by atoms with Gasteiger partial charge in [0.1, 0.15) is 24.4 Å². The number of alkyl halides is 4. The number of aromatic nitrogens is 6. The van der Waals surface area contributed by atoms with Crippen LogP contribution in [0.2, 0.25) is 0 Å². The van der Waals surface area contributed by atoms with Crippen molar-refractivity contribution in [3.05, 3.63) is 64.0 Å². The Morgan fingerprint density at radius 1 is 1.13 bits per heavy atom.